The zero-order valence-corrected chi connectivity index (χ0v) is 18.3. The minimum Gasteiger partial charge on any atom is -0.356 e. The van der Waals surface area contributed by atoms with Gasteiger partial charge in [-0.05, 0) is 54.9 Å². The van der Waals surface area contributed by atoms with Crippen LogP contribution >= 0.6 is 11.6 Å². The first-order chi connectivity index (χ1) is 15.0. The van der Waals surface area contributed by atoms with Gasteiger partial charge >= 0.3 is 0 Å². The van der Waals surface area contributed by atoms with Gasteiger partial charge in [0.25, 0.3) is 0 Å². The van der Waals surface area contributed by atoms with Crippen LogP contribution in [0.4, 0.5) is 4.39 Å². The highest BCUT2D eigenvalue weighted by atomic mass is 35.5. The molecule has 31 heavy (non-hydrogen) atoms. The van der Waals surface area contributed by atoms with Crippen LogP contribution in [0, 0.1) is 17.7 Å². The molecule has 0 spiro atoms. The first-order valence-corrected chi connectivity index (χ1v) is 11.1. The second kappa shape index (κ2) is 9.60. The fourth-order valence-electron chi connectivity index (χ4n) is 4.32. The third-order valence-corrected chi connectivity index (χ3v) is 6.27. The van der Waals surface area contributed by atoms with Gasteiger partial charge in [0.1, 0.15) is 5.82 Å². The second-order valence-corrected chi connectivity index (χ2v) is 8.64. The van der Waals surface area contributed by atoms with Crippen molar-refractivity contribution in [3.05, 3.63) is 59.5 Å². The van der Waals surface area contributed by atoms with Gasteiger partial charge in [-0.25, -0.2) is 9.07 Å². The Labute approximate surface area is 186 Å². The zero-order valence-electron chi connectivity index (χ0n) is 17.5. The van der Waals surface area contributed by atoms with Crippen LogP contribution in [0.3, 0.4) is 0 Å². The van der Waals surface area contributed by atoms with Gasteiger partial charge in [0.05, 0.1) is 11.9 Å². The monoisotopic (exact) mass is 440 g/mol. The summed E-state index contributed by atoms with van der Waals surface area (Å²) in [5, 5.41) is 11.8. The summed E-state index contributed by atoms with van der Waals surface area (Å²) in [4.78, 5) is 11.5. The predicted octanol–water partition coefficient (Wildman–Crippen LogP) is 5.35. The number of hydrogen-bond donors (Lipinski definition) is 1. The summed E-state index contributed by atoms with van der Waals surface area (Å²) in [5.74, 6) is 0.828. The first kappa shape index (κ1) is 21.5. The van der Waals surface area contributed by atoms with Crippen molar-refractivity contribution in [3.63, 3.8) is 0 Å². The molecule has 1 aromatic heterocycles. The summed E-state index contributed by atoms with van der Waals surface area (Å²) in [5.41, 5.74) is 3.26. The van der Waals surface area contributed by atoms with E-state index in [1.807, 2.05) is 35.9 Å². The fourth-order valence-corrected chi connectivity index (χ4v) is 4.48. The van der Waals surface area contributed by atoms with Gasteiger partial charge in [-0.1, -0.05) is 48.0 Å². The normalized spacial score (nSPS) is 18.3. The fraction of sp³-hybridized carbons (Fsp3) is 0.375. The number of hydrogen-bond acceptors (Lipinski definition) is 3. The standard InChI is InChI=1S/C24H26ClFN4O/c1-2-24(31)27-13-16-3-4-17(11-16)15-30-23(14-28-29-30)19-7-5-18(6-8-19)21-10-9-20(25)12-22(21)26/h5-10,12,14,16-17H,2-4,11,13,15H2,1H3,(H,27,31). The predicted molar refractivity (Wildman–Crippen MR) is 120 cm³/mol. The van der Waals surface area contributed by atoms with E-state index in [2.05, 4.69) is 15.6 Å². The van der Waals surface area contributed by atoms with Crippen molar-refractivity contribution in [1.29, 1.82) is 0 Å². The van der Waals surface area contributed by atoms with E-state index >= 15 is 0 Å². The Morgan fingerprint density at radius 1 is 1.16 bits per heavy atom. The Hall–Kier alpha value is -2.73. The van der Waals surface area contributed by atoms with Gasteiger partial charge in [-0.15, -0.1) is 5.10 Å². The summed E-state index contributed by atoms with van der Waals surface area (Å²) in [6, 6.07) is 12.5. The van der Waals surface area contributed by atoms with Crippen LogP contribution in [0.15, 0.2) is 48.7 Å². The van der Waals surface area contributed by atoms with Crippen LogP contribution in [0.5, 0.6) is 0 Å². The molecule has 2 unspecified atom stereocenters. The lowest BCUT2D eigenvalue weighted by Crippen LogP contribution is -2.27. The van der Waals surface area contributed by atoms with E-state index in [-0.39, 0.29) is 11.7 Å². The van der Waals surface area contributed by atoms with Gasteiger partial charge < -0.3 is 5.32 Å². The third kappa shape index (κ3) is 5.13. The minimum absolute atomic E-state index is 0.115. The van der Waals surface area contributed by atoms with Gasteiger partial charge in [-0.2, -0.15) is 0 Å². The lowest BCUT2D eigenvalue weighted by Gasteiger charge is -2.14. The molecule has 1 heterocycles. The number of benzene rings is 2. The molecule has 5 nitrogen and oxygen atoms in total. The summed E-state index contributed by atoms with van der Waals surface area (Å²) in [7, 11) is 0. The van der Waals surface area contributed by atoms with E-state index in [0.29, 0.717) is 28.8 Å². The molecule has 0 aliphatic heterocycles. The Kier molecular flexibility index (Phi) is 6.66. The number of nitrogens with zero attached hydrogens (tertiary/aromatic N) is 3. The molecule has 1 saturated carbocycles. The number of aromatic nitrogens is 3. The first-order valence-electron chi connectivity index (χ1n) is 10.7. The molecule has 1 fully saturated rings. The highest BCUT2D eigenvalue weighted by molar-refractivity contribution is 6.30. The Balaban J connectivity index is 1.42. The maximum absolute atomic E-state index is 14.2. The molecule has 0 bridgehead atoms. The molecule has 1 aliphatic rings. The van der Waals surface area contributed by atoms with Gasteiger partial charge in [0.2, 0.25) is 5.91 Å². The molecule has 3 aromatic rings. The average Bonchev–Trinajstić information content (AvgIpc) is 3.42. The lowest BCUT2D eigenvalue weighted by atomic mass is 10.0. The maximum Gasteiger partial charge on any atom is 0.219 e. The highest BCUT2D eigenvalue weighted by Crippen LogP contribution is 2.33. The average molecular weight is 441 g/mol. The van der Waals surface area contributed by atoms with Gasteiger partial charge in [-0.3, -0.25) is 4.79 Å². The number of carbonyl (C=O) groups excluding carboxylic acids is 1. The van der Waals surface area contributed by atoms with Crippen LogP contribution in [-0.2, 0) is 11.3 Å². The van der Waals surface area contributed by atoms with Crippen LogP contribution in [0.2, 0.25) is 5.02 Å². The van der Waals surface area contributed by atoms with Crippen molar-refractivity contribution >= 4 is 17.5 Å². The molecular formula is C24H26ClFN4O. The summed E-state index contributed by atoms with van der Waals surface area (Å²) in [6.07, 6.45) is 5.63. The lowest BCUT2D eigenvalue weighted by molar-refractivity contribution is -0.120. The van der Waals surface area contributed by atoms with E-state index in [0.717, 1.165) is 49.2 Å². The molecule has 162 valence electrons. The highest BCUT2D eigenvalue weighted by Gasteiger charge is 2.26. The van der Waals surface area contributed by atoms with Crippen LogP contribution < -0.4 is 5.32 Å². The molecule has 0 saturated heterocycles. The van der Waals surface area contributed by atoms with Crippen LogP contribution in [0.1, 0.15) is 32.6 Å². The molecule has 0 radical (unpaired) electrons. The van der Waals surface area contributed by atoms with Crippen molar-refractivity contribution in [2.24, 2.45) is 11.8 Å². The number of halogens is 2. The quantitative estimate of drug-likeness (QED) is 0.539. The van der Waals surface area contributed by atoms with E-state index < -0.39 is 0 Å². The van der Waals surface area contributed by atoms with Crippen LogP contribution in [0.25, 0.3) is 22.4 Å². The van der Waals surface area contributed by atoms with E-state index in [1.165, 1.54) is 6.07 Å². The van der Waals surface area contributed by atoms with Crippen molar-refractivity contribution < 1.29 is 9.18 Å². The topological polar surface area (TPSA) is 59.8 Å². The summed E-state index contributed by atoms with van der Waals surface area (Å²) >= 11 is 5.86. The smallest absolute Gasteiger partial charge is 0.219 e. The molecule has 4 rings (SSSR count). The molecular weight excluding hydrogens is 415 g/mol. The molecule has 2 atom stereocenters. The molecule has 2 aromatic carbocycles. The van der Waals surface area contributed by atoms with Crippen molar-refractivity contribution in [2.75, 3.05) is 6.54 Å². The van der Waals surface area contributed by atoms with E-state index in [1.54, 1.807) is 18.3 Å². The number of amides is 1. The minimum atomic E-state index is -0.335. The second-order valence-electron chi connectivity index (χ2n) is 8.21. The molecule has 1 amide bonds. The van der Waals surface area contributed by atoms with Crippen molar-refractivity contribution in [2.45, 2.75) is 39.2 Å². The Morgan fingerprint density at radius 3 is 2.65 bits per heavy atom. The Bertz CT molecular complexity index is 1050. The summed E-state index contributed by atoms with van der Waals surface area (Å²) in [6.45, 7) is 3.44. The Morgan fingerprint density at radius 2 is 1.90 bits per heavy atom. The largest absolute Gasteiger partial charge is 0.356 e. The maximum atomic E-state index is 14.2. The summed E-state index contributed by atoms with van der Waals surface area (Å²) < 4.78 is 16.2. The molecule has 1 aliphatic carbocycles. The van der Waals surface area contributed by atoms with E-state index in [9.17, 15) is 9.18 Å². The number of carbonyl (C=O) groups is 1. The number of rotatable bonds is 7. The number of nitrogens with one attached hydrogen (secondary N) is 1. The van der Waals surface area contributed by atoms with Crippen LogP contribution in [-0.4, -0.2) is 27.4 Å². The van der Waals surface area contributed by atoms with E-state index in [4.69, 9.17) is 11.6 Å². The SMILES string of the molecule is CCC(=O)NCC1CCC(Cn2nncc2-c2ccc(-c3ccc(Cl)cc3F)cc2)C1. The molecule has 1 N–H and O–H groups in total. The zero-order chi connectivity index (χ0) is 21.8. The molecule has 7 heteroatoms. The third-order valence-electron chi connectivity index (χ3n) is 6.03. The van der Waals surface area contributed by atoms with Crippen molar-refractivity contribution in [3.8, 4) is 22.4 Å². The van der Waals surface area contributed by atoms with Gasteiger partial charge in [0, 0.05) is 35.7 Å². The van der Waals surface area contributed by atoms with Gasteiger partial charge in [0.15, 0.2) is 0 Å². The van der Waals surface area contributed by atoms with Crippen molar-refractivity contribution in [1.82, 2.24) is 20.3 Å².